The molecule has 4 heavy (non-hydrogen) atoms. The van der Waals surface area contributed by atoms with E-state index < -0.39 is 7.12 Å². The summed E-state index contributed by atoms with van der Waals surface area (Å²) in [5, 5.41) is 12.5. The Kier molecular flexibility index (Phi) is 1.31. The molecule has 0 aliphatic heterocycles. The quantitative estimate of drug-likeness (QED) is 0.243. The van der Waals surface area contributed by atoms with Crippen LogP contribution >= 0.6 is 0 Å². The first-order valence-corrected chi connectivity index (χ1v) is 1.15. The smallest absolute Gasteiger partial charge is 0.475 e. The molecule has 0 unspecified atom stereocenters. The van der Waals surface area contributed by atoms with E-state index in [2.05, 4.69) is 0 Å². The first-order chi connectivity index (χ1) is 1.73. The van der Waals surface area contributed by atoms with E-state index >= 15 is 0 Å². The highest BCUT2D eigenvalue weighted by molar-refractivity contribution is 6.38. The first kappa shape index (κ1) is 3.98. The van der Waals surface area contributed by atoms with E-state index in [1.54, 1.807) is 0 Å². The van der Waals surface area contributed by atoms with Crippen LogP contribution in [0, 0.1) is 0 Å². The van der Waals surface area contributed by atoms with Crippen molar-refractivity contribution in [3.8, 4) is 0 Å². The van der Waals surface area contributed by atoms with Gasteiger partial charge in [-0.1, -0.05) is 0 Å². The molecule has 24 valence electrons. The fourth-order valence-electron chi connectivity index (χ4n) is 0. The molecule has 0 amide bonds. The molecule has 0 aliphatic rings. The second kappa shape index (κ2) is 1.32. The zero-order valence-corrected chi connectivity index (χ0v) is 2.58. The molecule has 0 saturated heterocycles. The van der Waals surface area contributed by atoms with Crippen LogP contribution in [0.1, 0.15) is 0 Å². The van der Waals surface area contributed by atoms with Crippen molar-refractivity contribution in [1.29, 1.82) is 0 Å². The summed E-state index contributed by atoms with van der Waals surface area (Å²) in [6, 6.07) is 0. The third-order valence-electron chi connectivity index (χ3n) is 0. The van der Waals surface area contributed by atoms with Gasteiger partial charge in [-0.2, -0.15) is 0 Å². The lowest BCUT2D eigenvalue weighted by Crippen LogP contribution is -2.00. The normalized spacial score (nSPS) is 6.75. The minimum atomic E-state index is -0.667. The molecule has 0 heterocycles. The molecule has 0 bridgehead atoms. The summed E-state index contributed by atoms with van der Waals surface area (Å²) in [4.78, 5) is 0. The zero-order chi connectivity index (χ0) is 3.58. The van der Waals surface area contributed by atoms with Gasteiger partial charge in [-0.15, -0.1) is 0 Å². The van der Waals surface area contributed by atoms with Crippen LogP contribution in [0.3, 0.4) is 0 Å². The average molecular weight is 61.9 g/mol. The van der Waals surface area contributed by atoms with Crippen LogP contribution in [-0.2, 0) is 0 Å². The SMILES string of the molecule is CB([OH2+])[OH2+]. The molecule has 0 radical (unpaired) electrons. The van der Waals surface area contributed by atoms with Crippen LogP contribution in [0.4, 0.5) is 0 Å². The van der Waals surface area contributed by atoms with Crippen molar-refractivity contribution in [1.82, 2.24) is 0 Å². The van der Waals surface area contributed by atoms with Gasteiger partial charge >= 0.3 is 7.12 Å². The van der Waals surface area contributed by atoms with Gasteiger partial charge in [-0.05, 0) is 0 Å². The molecule has 0 aromatic heterocycles. The van der Waals surface area contributed by atoms with Crippen molar-refractivity contribution >= 4 is 7.12 Å². The van der Waals surface area contributed by atoms with Crippen molar-refractivity contribution in [3.63, 3.8) is 0 Å². The van der Waals surface area contributed by atoms with Crippen molar-refractivity contribution in [2.24, 2.45) is 0 Å². The van der Waals surface area contributed by atoms with Gasteiger partial charge in [-0.25, -0.2) is 0 Å². The molecule has 0 spiro atoms. The van der Waals surface area contributed by atoms with Crippen LogP contribution in [0.5, 0.6) is 0 Å². The Morgan fingerprint density at radius 3 is 1.50 bits per heavy atom. The van der Waals surface area contributed by atoms with E-state index in [1.807, 2.05) is 0 Å². The van der Waals surface area contributed by atoms with Crippen molar-refractivity contribution in [3.05, 3.63) is 0 Å². The van der Waals surface area contributed by atoms with Crippen molar-refractivity contribution < 1.29 is 10.0 Å². The maximum absolute atomic E-state index is 6.25. The first-order valence-electron chi connectivity index (χ1n) is 1.15. The maximum atomic E-state index is 6.25. The summed E-state index contributed by atoms with van der Waals surface area (Å²) in [5.41, 5.74) is 0. The molecule has 0 fully saturated rings. The van der Waals surface area contributed by atoms with E-state index in [1.165, 1.54) is 6.82 Å². The summed E-state index contributed by atoms with van der Waals surface area (Å²) >= 11 is 0. The van der Waals surface area contributed by atoms with E-state index in [0.29, 0.717) is 0 Å². The average Bonchev–Trinajstić information content (AvgIpc) is 0.811. The molecule has 0 rings (SSSR count). The minimum absolute atomic E-state index is 0.667. The van der Waals surface area contributed by atoms with Gasteiger partial charge in [0.15, 0.2) is 0 Å². The van der Waals surface area contributed by atoms with E-state index in [9.17, 15) is 0 Å². The molecule has 2 nitrogen and oxygen atoms in total. The number of hydrogen-bond donors (Lipinski definition) is 0. The molecule has 0 saturated carbocycles. The maximum Gasteiger partial charge on any atom is 0.906 e. The summed E-state index contributed by atoms with van der Waals surface area (Å²) in [5.74, 6) is 0. The Labute approximate surface area is 25.2 Å². The summed E-state index contributed by atoms with van der Waals surface area (Å²) in [7, 11) is -0.667. The van der Waals surface area contributed by atoms with Crippen LogP contribution in [0.2, 0.25) is 6.82 Å². The lowest BCUT2D eigenvalue weighted by Gasteiger charge is -1.55. The van der Waals surface area contributed by atoms with Crippen LogP contribution in [0.15, 0.2) is 0 Å². The van der Waals surface area contributed by atoms with Gasteiger partial charge in [0.05, 0.1) is 0 Å². The summed E-state index contributed by atoms with van der Waals surface area (Å²) < 4.78 is 0. The Balaban J connectivity index is 2.32. The van der Waals surface area contributed by atoms with Gasteiger partial charge in [0.2, 0.25) is 0 Å². The van der Waals surface area contributed by atoms with Crippen LogP contribution in [-0.4, -0.2) is 17.2 Å². The predicted molar refractivity (Wildman–Crippen MR) is 18.8 cm³/mol. The number of rotatable bonds is 0. The fourth-order valence-corrected chi connectivity index (χ4v) is 0. The molecule has 0 aromatic carbocycles. The topological polar surface area (TPSA) is 45.8 Å². The fraction of sp³-hybridized carbons (Fsp3) is 1.00. The van der Waals surface area contributed by atoms with Crippen LogP contribution < -0.4 is 0 Å². The highest BCUT2D eigenvalue weighted by atomic mass is 16.4. The van der Waals surface area contributed by atoms with Crippen molar-refractivity contribution in [2.75, 3.05) is 0 Å². The Morgan fingerprint density at radius 2 is 1.50 bits per heavy atom. The van der Waals surface area contributed by atoms with Crippen LogP contribution in [0.25, 0.3) is 0 Å². The molecule has 0 aliphatic carbocycles. The Morgan fingerprint density at radius 1 is 1.50 bits per heavy atom. The van der Waals surface area contributed by atoms with Gasteiger partial charge in [0, 0.05) is 0 Å². The van der Waals surface area contributed by atoms with Gasteiger partial charge < -0.3 is 10.0 Å². The highest BCUT2D eigenvalue weighted by Gasteiger charge is 2.15. The lowest BCUT2D eigenvalue weighted by molar-refractivity contribution is 0.417. The molecule has 4 N–H and O–H groups in total. The highest BCUT2D eigenvalue weighted by Crippen LogP contribution is 1.51. The Hall–Kier alpha value is -0.0151. The number of hydrogen-bond acceptors (Lipinski definition) is 0. The molecule has 3 heteroatoms. The van der Waals surface area contributed by atoms with E-state index in [4.69, 9.17) is 10.0 Å². The predicted octanol–water partition coefficient (Wildman–Crippen LogP) is -1.45. The Bertz CT molecular complexity index is 10.8. The second-order valence-electron chi connectivity index (χ2n) is 0.722. The second-order valence-corrected chi connectivity index (χ2v) is 0.722. The van der Waals surface area contributed by atoms with Gasteiger partial charge in [0.25, 0.3) is 0 Å². The zero-order valence-electron chi connectivity index (χ0n) is 2.58. The molecular formula is CH7BO2+2. The standard InChI is InChI=1S/CH5BO2/c1-2(3)4/h3-4H,1H3/p+2. The molecule has 0 aromatic rings. The summed E-state index contributed by atoms with van der Waals surface area (Å²) in [6.07, 6.45) is 0. The third-order valence-corrected chi connectivity index (χ3v) is 0. The third kappa shape index (κ3) is 8480. The van der Waals surface area contributed by atoms with E-state index in [-0.39, 0.29) is 0 Å². The van der Waals surface area contributed by atoms with E-state index in [0.717, 1.165) is 0 Å². The van der Waals surface area contributed by atoms with Gasteiger partial charge in [-0.3, -0.25) is 0 Å². The lowest BCUT2D eigenvalue weighted by atomic mass is 9.99. The minimum Gasteiger partial charge on any atom is -0.475 e. The van der Waals surface area contributed by atoms with Crippen molar-refractivity contribution in [2.45, 2.75) is 6.82 Å². The molecule has 0 atom stereocenters. The van der Waals surface area contributed by atoms with Gasteiger partial charge in [0.1, 0.15) is 6.82 Å². The summed E-state index contributed by atoms with van der Waals surface area (Å²) in [6.45, 7) is 1.50. The largest absolute Gasteiger partial charge is 0.906 e. The monoisotopic (exact) mass is 62.1 g/mol. The molecular weight excluding hydrogens is 54.8 g/mol.